The molecule has 0 unspecified atom stereocenters. The van der Waals surface area contributed by atoms with Crippen molar-refractivity contribution in [2.45, 2.75) is 33.1 Å². The molecule has 1 saturated heterocycles. The van der Waals surface area contributed by atoms with E-state index in [9.17, 15) is 9.59 Å². The second-order valence-corrected chi connectivity index (χ2v) is 9.59. The SMILES string of the molecule is CCc1ccc(N2C[C@@H](C(=O)N(c3ccc(CC)cc3)c3nc4ccccc4s3)CC2=O)cc1. The maximum Gasteiger partial charge on any atom is 0.238 e. The maximum absolute atomic E-state index is 13.9. The lowest BCUT2D eigenvalue weighted by molar-refractivity contribution is -0.123. The Kier molecular flexibility index (Phi) is 6.16. The molecule has 1 aromatic heterocycles. The van der Waals surface area contributed by atoms with Crippen LogP contribution in [0.4, 0.5) is 16.5 Å². The molecule has 1 fully saturated rings. The van der Waals surface area contributed by atoms with Gasteiger partial charge in [-0.05, 0) is 60.4 Å². The van der Waals surface area contributed by atoms with Gasteiger partial charge >= 0.3 is 0 Å². The number of anilines is 3. The molecule has 0 spiro atoms. The Morgan fingerprint density at radius 2 is 1.62 bits per heavy atom. The van der Waals surface area contributed by atoms with E-state index in [-0.39, 0.29) is 18.2 Å². The van der Waals surface area contributed by atoms with Crippen LogP contribution in [-0.2, 0) is 22.4 Å². The number of carbonyl (C=O) groups is 2. The first-order valence-electron chi connectivity index (χ1n) is 11.7. The summed E-state index contributed by atoms with van der Waals surface area (Å²) < 4.78 is 1.03. The Balaban J connectivity index is 1.48. The molecule has 0 radical (unpaired) electrons. The molecule has 1 atom stereocenters. The molecule has 2 heterocycles. The monoisotopic (exact) mass is 469 g/mol. The van der Waals surface area contributed by atoms with Gasteiger partial charge in [-0.25, -0.2) is 4.98 Å². The van der Waals surface area contributed by atoms with Crippen LogP contribution in [0.15, 0.2) is 72.8 Å². The van der Waals surface area contributed by atoms with Gasteiger partial charge in [-0.2, -0.15) is 0 Å². The number of hydrogen-bond donors (Lipinski definition) is 0. The molecular weight excluding hydrogens is 442 g/mol. The van der Waals surface area contributed by atoms with Crippen molar-refractivity contribution >= 4 is 49.9 Å². The third-order valence-electron chi connectivity index (χ3n) is 6.43. The van der Waals surface area contributed by atoms with E-state index >= 15 is 0 Å². The van der Waals surface area contributed by atoms with Crippen LogP contribution in [0.2, 0.25) is 0 Å². The quantitative estimate of drug-likeness (QED) is 0.341. The number of aromatic nitrogens is 1. The molecule has 5 rings (SSSR count). The predicted molar refractivity (Wildman–Crippen MR) is 139 cm³/mol. The van der Waals surface area contributed by atoms with E-state index in [1.807, 2.05) is 72.8 Å². The van der Waals surface area contributed by atoms with Crippen LogP contribution in [0, 0.1) is 5.92 Å². The minimum Gasteiger partial charge on any atom is -0.312 e. The highest BCUT2D eigenvalue weighted by Gasteiger charge is 2.39. The van der Waals surface area contributed by atoms with Crippen molar-refractivity contribution in [3.63, 3.8) is 0 Å². The van der Waals surface area contributed by atoms with E-state index in [0.29, 0.717) is 11.7 Å². The zero-order valence-electron chi connectivity index (χ0n) is 19.4. The van der Waals surface area contributed by atoms with Gasteiger partial charge in [-0.1, -0.05) is 61.6 Å². The first kappa shape index (κ1) is 22.3. The third-order valence-corrected chi connectivity index (χ3v) is 7.45. The number of nitrogens with zero attached hydrogens (tertiary/aromatic N) is 3. The fourth-order valence-corrected chi connectivity index (χ4v) is 5.38. The molecule has 34 heavy (non-hydrogen) atoms. The smallest absolute Gasteiger partial charge is 0.238 e. The number of rotatable bonds is 6. The molecule has 0 saturated carbocycles. The van der Waals surface area contributed by atoms with E-state index in [2.05, 4.69) is 13.8 Å². The largest absolute Gasteiger partial charge is 0.312 e. The fraction of sp³-hybridized carbons (Fsp3) is 0.250. The van der Waals surface area contributed by atoms with Crippen molar-refractivity contribution in [1.82, 2.24) is 4.98 Å². The Morgan fingerprint density at radius 1 is 0.971 bits per heavy atom. The second-order valence-electron chi connectivity index (χ2n) is 8.58. The lowest BCUT2D eigenvalue weighted by atomic mass is 10.1. The van der Waals surface area contributed by atoms with E-state index in [1.54, 1.807) is 9.80 Å². The van der Waals surface area contributed by atoms with Crippen LogP contribution in [0.25, 0.3) is 10.2 Å². The van der Waals surface area contributed by atoms with Crippen LogP contribution in [0.1, 0.15) is 31.4 Å². The van der Waals surface area contributed by atoms with Crippen LogP contribution in [0.5, 0.6) is 0 Å². The molecule has 3 aromatic carbocycles. The summed E-state index contributed by atoms with van der Waals surface area (Å²) in [6, 6.07) is 24.0. The molecular formula is C28H27N3O2S. The van der Waals surface area contributed by atoms with Gasteiger partial charge in [0.25, 0.3) is 0 Å². The average Bonchev–Trinajstić information content (AvgIpc) is 3.48. The molecule has 6 heteroatoms. The van der Waals surface area contributed by atoms with Gasteiger partial charge in [-0.15, -0.1) is 0 Å². The standard InChI is InChI=1S/C28H27N3O2S/c1-3-19-9-13-22(14-10-19)30-18-21(17-26(30)32)27(33)31(23-15-11-20(4-2)12-16-23)28-29-24-7-5-6-8-25(24)34-28/h5-16,21H,3-4,17-18H2,1-2H3/t21-/m0/s1. The Labute approximate surface area is 203 Å². The zero-order chi connectivity index (χ0) is 23.7. The number of hydrogen-bond acceptors (Lipinski definition) is 4. The van der Waals surface area contributed by atoms with Crippen LogP contribution in [-0.4, -0.2) is 23.3 Å². The lowest BCUT2D eigenvalue weighted by Crippen LogP contribution is -2.34. The normalized spacial score (nSPS) is 15.8. The highest BCUT2D eigenvalue weighted by atomic mass is 32.1. The number of thiazole rings is 1. The van der Waals surface area contributed by atoms with Crippen molar-refractivity contribution in [3.05, 3.63) is 83.9 Å². The number of amides is 2. The molecule has 5 nitrogen and oxygen atoms in total. The summed E-state index contributed by atoms with van der Waals surface area (Å²) in [5.74, 6) is -0.547. The Hall–Kier alpha value is -3.51. The molecule has 172 valence electrons. The summed E-state index contributed by atoms with van der Waals surface area (Å²) in [4.78, 5) is 35.0. The van der Waals surface area contributed by atoms with E-state index in [1.165, 1.54) is 22.5 Å². The molecule has 0 aliphatic carbocycles. The first-order chi connectivity index (χ1) is 16.6. The molecule has 1 aliphatic heterocycles. The first-order valence-corrected chi connectivity index (χ1v) is 12.6. The van der Waals surface area contributed by atoms with Gasteiger partial charge in [0.2, 0.25) is 11.8 Å². The zero-order valence-corrected chi connectivity index (χ0v) is 20.2. The summed E-state index contributed by atoms with van der Waals surface area (Å²) in [6.45, 7) is 4.59. The maximum atomic E-state index is 13.9. The Bertz CT molecular complexity index is 1300. The highest BCUT2D eigenvalue weighted by Crippen LogP contribution is 2.36. The second kappa shape index (κ2) is 9.39. The molecule has 1 aliphatic rings. The van der Waals surface area contributed by atoms with Crippen molar-refractivity contribution in [1.29, 1.82) is 0 Å². The molecule has 0 bridgehead atoms. The van der Waals surface area contributed by atoms with Crippen molar-refractivity contribution in [2.24, 2.45) is 5.92 Å². The molecule has 2 amide bonds. The summed E-state index contributed by atoms with van der Waals surface area (Å²) in [5, 5.41) is 0.633. The lowest BCUT2D eigenvalue weighted by Gasteiger charge is -2.24. The average molecular weight is 470 g/mol. The van der Waals surface area contributed by atoms with Gasteiger partial charge in [0.1, 0.15) is 0 Å². The van der Waals surface area contributed by atoms with Gasteiger partial charge in [0, 0.05) is 18.7 Å². The number of fused-ring (bicyclic) bond motifs is 1. The van der Waals surface area contributed by atoms with E-state index in [4.69, 9.17) is 4.98 Å². The number of aryl methyl sites for hydroxylation is 2. The van der Waals surface area contributed by atoms with Gasteiger partial charge < -0.3 is 4.90 Å². The number of carbonyl (C=O) groups excluding carboxylic acids is 2. The van der Waals surface area contributed by atoms with Gasteiger partial charge in [0.05, 0.1) is 21.8 Å². The van der Waals surface area contributed by atoms with Crippen molar-refractivity contribution < 1.29 is 9.59 Å². The summed E-state index contributed by atoms with van der Waals surface area (Å²) in [7, 11) is 0. The predicted octanol–water partition coefficient (Wildman–Crippen LogP) is 6.14. The van der Waals surface area contributed by atoms with Crippen molar-refractivity contribution in [3.8, 4) is 0 Å². The van der Waals surface area contributed by atoms with Crippen LogP contribution in [0.3, 0.4) is 0 Å². The molecule has 4 aromatic rings. The number of benzene rings is 3. The number of para-hydroxylation sites is 1. The highest BCUT2D eigenvalue weighted by molar-refractivity contribution is 7.22. The minimum absolute atomic E-state index is 0.0202. The molecule has 0 N–H and O–H groups in total. The van der Waals surface area contributed by atoms with Crippen LogP contribution >= 0.6 is 11.3 Å². The van der Waals surface area contributed by atoms with Crippen LogP contribution < -0.4 is 9.80 Å². The Morgan fingerprint density at radius 3 is 2.26 bits per heavy atom. The summed E-state index contributed by atoms with van der Waals surface area (Å²) in [6.07, 6.45) is 2.07. The third kappa shape index (κ3) is 4.21. The minimum atomic E-state index is -0.434. The fourth-order valence-electron chi connectivity index (χ4n) is 4.39. The summed E-state index contributed by atoms with van der Waals surface area (Å²) in [5.41, 5.74) is 4.92. The van der Waals surface area contributed by atoms with E-state index in [0.717, 1.165) is 34.4 Å². The van der Waals surface area contributed by atoms with Gasteiger partial charge in [-0.3, -0.25) is 14.5 Å². The van der Waals surface area contributed by atoms with Gasteiger partial charge in [0.15, 0.2) is 5.13 Å². The summed E-state index contributed by atoms with van der Waals surface area (Å²) >= 11 is 1.49. The van der Waals surface area contributed by atoms with Crippen molar-refractivity contribution in [2.75, 3.05) is 16.3 Å². The topological polar surface area (TPSA) is 53.5 Å². The van der Waals surface area contributed by atoms with E-state index < -0.39 is 5.92 Å².